The minimum Gasteiger partial charge on any atom is -0.327 e. The highest BCUT2D eigenvalue weighted by atomic mass is 19.4. The number of ether oxygens (including phenoxy) is 3. The molecule has 0 bridgehead atoms. The lowest BCUT2D eigenvalue weighted by Gasteiger charge is -2.28. The van der Waals surface area contributed by atoms with Crippen LogP contribution in [0.1, 0.15) is 103 Å². The second kappa shape index (κ2) is 14.0. The van der Waals surface area contributed by atoms with Crippen LogP contribution in [0, 0.1) is 0 Å². The van der Waals surface area contributed by atoms with E-state index in [0.717, 1.165) is 25.3 Å². The molecule has 0 fully saturated rings. The van der Waals surface area contributed by atoms with Gasteiger partial charge >= 0.3 is 6.18 Å². The van der Waals surface area contributed by atoms with Crippen molar-refractivity contribution in [2.45, 2.75) is 117 Å². The summed E-state index contributed by atoms with van der Waals surface area (Å²) in [5.74, 6) is 0. The van der Waals surface area contributed by atoms with Crippen molar-refractivity contribution in [2.75, 3.05) is 0 Å². The summed E-state index contributed by atoms with van der Waals surface area (Å²) in [5, 5.41) is 0. The smallest absolute Gasteiger partial charge is 0.327 e. The normalized spacial score (nSPS) is 13.6. The van der Waals surface area contributed by atoms with Gasteiger partial charge in [-0.05, 0) is 51.8 Å². The fourth-order valence-electron chi connectivity index (χ4n) is 3.19. The van der Waals surface area contributed by atoms with E-state index in [2.05, 4.69) is 6.92 Å². The van der Waals surface area contributed by atoms with E-state index in [1.807, 2.05) is 27.7 Å². The Morgan fingerprint density at radius 2 is 1.37 bits per heavy atom. The van der Waals surface area contributed by atoms with Gasteiger partial charge in [0.25, 0.3) is 6.48 Å². The average Bonchev–Trinajstić information content (AvgIpc) is 2.64. The number of hydrogen-bond donors (Lipinski definition) is 0. The number of halogens is 3. The molecule has 1 aromatic carbocycles. The van der Waals surface area contributed by atoms with E-state index in [0.29, 0.717) is 12.0 Å². The Balaban J connectivity index is 2.87. The number of unbranched alkanes of at least 4 members (excludes halogenated alkanes) is 6. The SMILES string of the molecule is CCCCCCCCCC(OC(OC(C)C)OC(C)C)c1cccc(C(F)(F)F)c1. The predicted octanol–water partition coefficient (Wildman–Crippen LogP) is 8.04. The molecule has 1 aromatic rings. The zero-order chi connectivity index (χ0) is 22.6. The van der Waals surface area contributed by atoms with E-state index in [9.17, 15) is 13.2 Å². The molecule has 1 rings (SSSR count). The molecule has 0 aliphatic carbocycles. The summed E-state index contributed by atoms with van der Waals surface area (Å²) in [4.78, 5) is 0. The molecule has 1 unspecified atom stereocenters. The van der Waals surface area contributed by atoms with Crippen LogP contribution in [0.25, 0.3) is 0 Å². The molecule has 0 radical (unpaired) electrons. The molecular weight excluding hydrogens is 393 g/mol. The molecule has 174 valence electrons. The fourth-order valence-corrected chi connectivity index (χ4v) is 3.19. The second-order valence-electron chi connectivity index (χ2n) is 8.32. The van der Waals surface area contributed by atoms with Gasteiger partial charge < -0.3 is 14.2 Å². The lowest BCUT2D eigenvalue weighted by atomic mass is 10.00. The van der Waals surface area contributed by atoms with Crippen molar-refractivity contribution in [1.82, 2.24) is 0 Å². The van der Waals surface area contributed by atoms with E-state index < -0.39 is 24.3 Å². The number of hydrogen-bond acceptors (Lipinski definition) is 3. The van der Waals surface area contributed by atoms with Gasteiger partial charge in [0.15, 0.2) is 0 Å². The van der Waals surface area contributed by atoms with Gasteiger partial charge in [-0.1, -0.05) is 64.0 Å². The summed E-state index contributed by atoms with van der Waals surface area (Å²) in [6.07, 6.45) is 3.37. The molecule has 0 aliphatic heterocycles. The molecular formula is C24H39F3O3. The summed E-state index contributed by atoms with van der Waals surface area (Å²) < 4.78 is 57.1. The highest BCUT2D eigenvalue weighted by molar-refractivity contribution is 5.27. The van der Waals surface area contributed by atoms with Gasteiger partial charge in [-0.3, -0.25) is 0 Å². The Morgan fingerprint density at radius 3 is 1.90 bits per heavy atom. The third-order valence-electron chi connectivity index (χ3n) is 4.70. The van der Waals surface area contributed by atoms with Crippen LogP contribution in [0.15, 0.2) is 24.3 Å². The van der Waals surface area contributed by atoms with E-state index in [1.54, 1.807) is 6.07 Å². The third kappa shape index (κ3) is 11.3. The van der Waals surface area contributed by atoms with Gasteiger partial charge in [0.05, 0.1) is 23.9 Å². The van der Waals surface area contributed by atoms with E-state index in [4.69, 9.17) is 14.2 Å². The van der Waals surface area contributed by atoms with Crippen molar-refractivity contribution in [3.05, 3.63) is 35.4 Å². The Morgan fingerprint density at radius 1 is 0.800 bits per heavy atom. The highest BCUT2D eigenvalue weighted by Crippen LogP contribution is 2.33. The van der Waals surface area contributed by atoms with Crippen LogP contribution >= 0.6 is 0 Å². The maximum atomic E-state index is 13.2. The van der Waals surface area contributed by atoms with Crippen molar-refractivity contribution in [2.24, 2.45) is 0 Å². The maximum Gasteiger partial charge on any atom is 0.416 e. The zero-order valence-corrected chi connectivity index (χ0v) is 19.1. The average molecular weight is 433 g/mol. The van der Waals surface area contributed by atoms with Gasteiger partial charge in [-0.15, -0.1) is 0 Å². The van der Waals surface area contributed by atoms with Crippen molar-refractivity contribution >= 4 is 0 Å². The molecule has 0 N–H and O–H groups in total. The van der Waals surface area contributed by atoms with E-state index in [-0.39, 0.29) is 12.2 Å². The highest BCUT2D eigenvalue weighted by Gasteiger charge is 2.31. The van der Waals surface area contributed by atoms with Crippen LogP contribution in [0.5, 0.6) is 0 Å². The Labute approximate surface area is 180 Å². The quantitative estimate of drug-likeness (QED) is 0.207. The van der Waals surface area contributed by atoms with Crippen molar-refractivity contribution in [1.29, 1.82) is 0 Å². The number of rotatable bonds is 15. The molecule has 0 spiro atoms. The largest absolute Gasteiger partial charge is 0.416 e. The topological polar surface area (TPSA) is 27.7 Å². The van der Waals surface area contributed by atoms with Gasteiger partial charge in [-0.25, -0.2) is 0 Å². The second-order valence-corrected chi connectivity index (χ2v) is 8.32. The molecule has 30 heavy (non-hydrogen) atoms. The predicted molar refractivity (Wildman–Crippen MR) is 114 cm³/mol. The number of alkyl halides is 3. The summed E-state index contributed by atoms with van der Waals surface area (Å²) in [5.41, 5.74) is -0.167. The first-order valence-corrected chi connectivity index (χ1v) is 11.3. The molecule has 3 nitrogen and oxygen atoms in total. The van der Waals surface area contributed by atoms with Crippen LogP contribution in [-0.4, -0.2) is 18.7 Å². The zero-order valence-electron chi connectivity index (χ0n) is 19.1. The van der Waals surface area contributed by atoms with E-state index >= 15 is 0 Å². The van der Waals surface area contributed by atoms with Crippen LogP contribution in [-0.2, 0) is 20.4 Å². The first kappa shape index (κ1) is 26.9. The van der Waals surface area contributed by atoms with Crippen molar-refractivity contribution in [3.8, 4) is 0 Å². The lowest BCUT2D eigenvalue weighted by molar-refractivity contribution is -0.328. The van der Waals surface area contributed by atoms with Gasteiger partial charge in [0.2, 0.25) is 0 Å². The first-order valence-electron chi connectivity index (χ1n) is 11.3. The Bertz CT molecular complexity index is 563. The first-order chi connectivity index (χ1) is 14.1. The molecule has 0 aromatic heterocycles. The molecule has 0 saturated heterocycles. The summed E-state index contributed by atoms with van der Waals surface area (Å²) in [6.45, 7) is 8.75. The van der Waals surface area contributed by atoms with Crippen LogP contribution in [0.3, 0.4) is 0 Å². The molecule has 0 aliphatic rings. The molecule has 6 heteroatoms. The molecule has 0 saturated carbocycles. The maximum absolute atomic E-state index is 13.2. The van der Waals surface area contributed by atoms with E-state index in [1.165, 1.54) is 37.8 Å². The summed E-state index contributed by atoms with van der Waals surface area (Å²) in [7, 11) is 0. The molecule has 1 atom stereocenters. The van der Waals surface area contributed by atoms with Crippen molar-refractivity contribution in [3.63, 3.8) is 0 Å². The van der Waals surface area contributed by atoms with Crippen LogP contribution in [0.4, 0.5) is 13.2 Å². The summed E-state index contributed by atoms with van der Waals surface area (Å²) in [6, 6.07) is 5.37. The lowest BCUT2D eigenvalue weighted by Crippen LogP contribution is -2.29. The fraction of sp³-hybridized carbons (Fsp3) is 0.750. The molecule has 0 heterocycles. The van der Waals surface area contributed by atoms with Gasteiger partial charge in [-0.2, -0.15) is 13.2 Å². The van der Waals surface area contributed by atoms with Gasteiger partial charge in [0, 0.05) is 0 Å². The van der Waals surface area contributed by atoms with Gasteiger partial charge in [0.1, 0.15) is 0 Å². The Hall–Kier alpha value is -1.11. The molecule has 0 amide bonds. The Kier molecular flexibility index (Phi) is 12.6. The monoisotopic (exact) mass is 432 g/mol. The van der Waals surface area contributed by atoms with Crippen molar-refractivity contribution < 1.29 is 27.4 Å². The minimum absolute atomic E-state index is 0.130. The third-order valence-corrected chi connectivity index (χ3v) is 4.70. The summed E-state index contributed by atoms with van der Waals surface area (Å²) >= 11 is 0. The standard InChI is InChI=1S/C24H39F3O3/c1-6-7-8-9-10-11-12-16-22(30-23(28-18(2)3)29-19(4)5)20-14-13-15-21(17-20)24(25,26)27/h13-15,17-19,22-23H,6-12,16H2,1-5H3. The number of benzene rings is 1. The van der Waals surface area contributed by atoms with Crippen LogP contribution < -0.4 is 0 Å². The van der Waals surface area contributed by atoms with Crippen LogP contribution in [0.2, 0.25) is 0 Å². The minimum atomic E-state index is -4.39.